The van der Waals surface area contributed by atoms with Gasteiger partial charge in [-0.3, -0.25) is 14.8 Å². The van der Waals surface area contributed by atoms with Crippen LogP contribution in [0.3, 0.4) is 0 Å². The Bertz CT molecular complexity index is 642. The first-order chi connectivity index (χ1) is 10.7. The molecule has 0 aromatic carbocycles. The molecule has 2 atom stereocenters. The van der Waals surface area contributed by atoms with Gasteiger partial charge in [0, 0.05) is 49.4 Å². The summed E-state index contributed by atoms with van der Waals surface area (Å²) in [7, 11) is 2.01. The highest BCUT2D eigenvalue weighted by atomic mass is 79.9. The lowest BCUT2D eigenvalue weighted by atomic mass is 9.87. The minimum absolute atomic E-state index is 0.644. The second kappa shape index (κ2) is 5.72. The topological polar surface area (TPSA) is 50.1 Å². The van der Waals surface area contributed by atoms with Crippen molar-refractivity contribution in [2.45, 2.75) is 31.6 Å². The molecule has 2 aromatic rings. The van der Waals surface area contributed by atoms with Crippen molar-refractivity contribution in [1.82, 2.24) is 29.5 Å². The summed E-state index contributed by atoms with van der Waals surface area (Å²) < 4.78 is 3.05. The molecule has 2 bridgehead atoms. The molecule has 3 saturated heterocycles. The molecule has 22 heavy (non-hydrogen) atoms. The molecule has 2 unspecified atom stereocenters. The van der Waals surface area contributed by atoms with E-state index in [1.807, 2.05) is 17.8 Å². The van der Waals surface area contributed by atoms with Gasteiger partial charge in [-0.05, 0) is 34.5 Å². The molecule has 7 heteroatoms. The second-order valence-corrected chi connectivity index (χ2v) is 7.15. The average molecular weight is 363 g/mol. The number of halogens is 1. The molecule has 116 valence electrons. The van der Waals surface area contributed by atoms with Gasteiger partial charge < -0.3 is 4.57 Å². The highest BCUT2D eigenvalue weighted by Gasteiger charge is 2.44. The Hall–Kier alpha value is -1.31. The zero-order valence-corrected chi connectivity index (χ0v) is 14.1. The molecule has 3 aliphatic rings. The first-order valence-corrected chi connectivity index (χ1v) is 8.40. The lowest BCUT2D eigenvalue weighted by Gasteiger charge is -2.56. The third-order valence-electron chi connectivity index (χ3n) is 4.72. The van der Waals surface area contributed by atoms with E-state index in [0.29, 0.717) is 12.1 Å². The molecule has 0 radical (unpaired) electrons. The summed E-state index contributed by atoms with van der Waals surface area (Å²) >= 11 is 3.43. The Morgan fingerprint density at radius 2 is 2.05 bits per heavy atom. The minimum atomic E-state index is 0.644. The van der Waals surface area contributed by atoms with Gasteiger partial charge in [-0.25, -0.2) is 0 Å². The molecule has 0 N–H and O–H groups in total. The van der Waals surface area contributed by atoms with E-state index in [1.165, 1.54) is 6.42 Å². The van der Waals surface area contributed by atoms with Crippen molar-refractivity contribution in [3.63, 3.8) is 0 Å². The van der Waals surface area contributed by atoms with Gasteiger partial charge in [0.2, 0.25) is 0 Å². The Labute approximate surface area is 138 Å². The third kappa shape index (κ3) is 2.68. The number of hydrogen-bond acceptors (Lipinski definition) is 5. The minimum Gasteiger partial charge on any atom is -0.320 e. The van der Waals surface area contributed by atoms with Crippen LogP contribution < -0.4 is 0 Å². The standard InChI is InChI=1S/C15H19BrN6/c1-20-10-18-19-15(20)9-22-13-4-14(22)8-21(7-13)6-12-3-2-11(16)5-17-12/h2-3,5,10,13-14H,4,6-9H2,1H3. The number of rotatable bonds is 4. The number of hydrogen-bond donors (Lipinski definition) is 0. The maximum atomic E-state index is 4.48. The SMILES string of the molecule is Cn1cnnc1CN1C2CC1CN(Cc1ccc(Br)cn1)C2. The Morgan fingerprint density at radius 1 is 1.23 bits per heavy atom. The van der Waals surface area contributed by atoms with Gasteiger partial charge in [0.15, 0.2) is 0 Å². The Balaban J connectivity index is 1.36. The van der Waals surface area contributed by atoms with E-state index in [1.54, 1.807) is 6.33 Å². The van der Waals surface area contributed by atoms with E-state index in [2.05, 4.69) is 53.0 Å². The van der Waals surface area contributed by atoms with Gasteiger partial charge in [-0.1, -0.05) is 0 Å². The molecule has 2 aromatic heterocycles. The fraction of sp³-hybridized carbons (Fsp3) is 0.533. The smallest absolute Gasteiger partial charge is 0.146 e. The molecule has 6 nitrogen and oxygen atoms in total. The van der Waals surface area contributed by atoms with Crippen molar-refractivity contribution >= 4 is 15.9 Å². The Kier molecular flexibility index (Phi) is 3.71. The van der Waals surface area contributed by atoms with E-state index in [-0.39, 0.29) is 0 Å². The number of fused-ring (bicyclic) bond motifs is 2. The van der Waals surface area contributed by atoms with Crippen LogP contribution in [0.4, 0.5) is 0 Å². The van der Waals surface area contributed by atoms with Crippen molar-refractivity contribution < 1.29 is 0 Å². The van der Waals surface area contributed by atoms with E-state index >= 15 is 0 Å². The lowest BCUT2D eigenvalue weighted by Crippen LogP contribution is -2.67. The lowest BCUT2D eigenvalue weighted by molar-refractivity contribution is -0.0794. The number of piperidine rings is 1. The molecule has 0 aliphatic carbocycles. The molecule has 0 amide bonds. The van der Waals surface area contributed by atoms with Crippen LogP contribution in [0.1, 0.15) is 17.9 Å². The highest BCUT2D eigenvalue weighted by Crippen LogP contribution is 2.33. The zero-order chi connectivity index (χ0) is 15.1. The predicted molar refractivity (Wildman–Crippen MR) is 86.0 cm³/mol. The quantitative estimate of drug-likeness (QED) is 0.823. The molecule has 3 aliphatic heterocycles. The molecule has 5 heterocycles. The number of piperazine rings is 1. The summed E-state index contributed by atoms with van der Waals surface area (Å²) in [6, 6.07) is 5.45. The first kappa shape index (κ1) is 14.3. The average Bonchev–Trinajstić information content (AvgIpc) is 2.92. The van der Waals surface area contributed by atoms with Crippen LogP contribution >= 0.6 is 15.9 Å². The van der Waals surface area contributed by atoms with E-state index in [4.69, 9.17) is 0 Å². The van der Waals surface area contributed by atoms with Gasteiger partial charge in [0.05, 0.1) is 12.2 Å². The zero-order valence-electron chi connectivity index (χ0n) is 12.6. The van der Waals surface area contributed by atoms with E-state index < -0.39 is 0 Å². The largest absolute Gasteiger partial charge is 0.320 e. The van der Waals surface area contributed by atoms with E-state index in [9.17, 15) is 0 Å². The Morgan fingerprint density at radius 3 is 2.68 bits per heavy atom. The van der Waals surface area contributed by atoms with Gasteiger partial charge in [0.25, 0.3) is 0 Å². The number of aryl methyl sites for hydroxylation is 1. The van der Waals surface area contributed by atoms with Crippen molar-refractivity contribution in [3.8, 4) is 0 Å². The van der Waals surface area contributed by atoms with Crippen LogP contribution in [0, 0.1) is 0 Å². The monoisotopic (exact) mass is 362 g/mol. The van der Waals surface area contributed by atoms with Gasteiger partial charge in [-0.2, -0.15) is 0 Å². The van der Waals surface area contributed by atoms with E-state index in [0.717, 1.165) is 42.2 Å². The normalized spacial score (nSPS) is 25.2. The first-order valence-electron chi connectivity index (χ1n) is 7.60. The van der Waals surface area contributed by atoms with Crippen molar-refractivity contribution in [2.75, 3.05) is 13.1 Å². The summed E-state index contributed by atoms with van der Waals surface area (Å²) in [4.78, 5) is 9.56. The van der Waals surface area contributed by atoms with Crippen molar-refractivity contribution in [1.29, 1.82) is 0 Å². The second-order valence-electron chi connectivity index (χ2n) is 6.24. The fourth-order valence-electron chi connectivity index (χ4n) is 3.50. The summed E-state index contributed by atoms with van der Waals surface area (Å²) in [6.45, 7) is 4.09. The summed E-state index contributed by atoms with van der Waals surface area (Å²) in [5.41, 5.74) is 1.14. The van der Waals surface area contributed by atoms with Gasteiger partial charge in [-0.15, -0.1) is 10.2 Å². The predicted octanol–water partition coefficient (Wildman–Crippen LogP) is 1.43. The summed E-state index contributed by atoms with van der Waals surface area (Å²) in [6.07, 6.45) is 4.96. The van der Waals surface area contributed by atoms with Crippen LogP contribution in [0.5, 0.6) is 0 Å². The maximum Gasteiger partial charge on any atom is 0.146 e. The van der Waals surface area contributed by atoms with Crippen molar-refractivity contribution in [3.05, 3.63) is 40.6 Å². The number of aromatic nitrogens is 4. The summed E-state index contributed by atoms with van der Waals surface area (Å²) in [5, 5.41) is 8.17. The van der Waals surface area contributed by atoms with Gasteiger partial charge in [0.1, 0.15) is 12.2 Å². The van der Waals surface area contributed by atoms with Gasteiger partial charge >= 0.3 is 0 Å². The van der Waals surface area contributed by atoms with Crippen LogP contribution in [0.15, 0.2) is 29.1 Å². The molecule has 3 fully saturated rings. The molecular formula is C15H19BrN6. The molecular weight excluding hydrogens is 344 g/mol. The molecule has 0 saturated carbocycles. The number of nitrogens with zero attached hydrogens (tertiary/aromatic N) is 6. The highest BCUT2D eigenvalue weighted by molar-refractivity contribution is 9.10. The maximum absolute atomic E-state index is 4.48. The molecule has 5 rings (SSSR count). The fourth-order valence-corrected chi connectivity index (χ4v) is 3.74. The van der Waals surface area contributed by atoms with Crippen LogP contribution in [0.2, 0.25) is 0 Å². The number of pyridine rings is 1. The van der Waals surface area contributed by atoms with Crippen molar-refractivity contribution in [2.24, 2.45) is 7.05 Å². The summed E-state index contributed by atoms with van der Waals surface area (Å²) in [5.74, 6) is 1.05. The third-order valence-corrected chi connectivity index (χ3v) is 5.19. The van der Waals surface area contributed by atoms with Crippen LogP contribution in [0.25, 0.3) is 0 Å². The van der Waals surface area contributed by atoms with Crippen LogP contribution in [-0.2, 0) is 20.1 Å². The van der Waals surface area contributed by atoms with Crippen LogP contribution in [-0.4, -0.2) is 54.7 Å². The molecule has 0 spiro atoms.